The van der Waals surface area contributed by atoms with Crippen LogP contribution in [-0.4, -0.2) is 31.9 Å². The first kappa shape index (κ1) is 16.7. The molecule has 1 aliphatic carbocycles. The van der Waals surface area contributed by atoms with Gasteiger partial charge in [0.15, 0.2) is 0 Å². The molecule has 1 aromatic carbocycles. The Bertz CT molecular complexity index is 930. The average Bonchev–Trinajstić information content (AvgIpc) is 3.13. The minimum absolute atomic E-state index is 0.149. The number of benzene rings is 1. The van der Waals surface area contributed by atoms with Crippen molar-refractivity contribution in [2.45, 2.75) is 38.5 Å². The van der Waals surface area contributed by atoms with Crippen molar-refractivity contribution in [2.75, 3.05) is 0 Å². The fourth-order valence-corrected chi connectivity index (χ4v) is 3.51. The van der Waals surface area contributed by atoms with E-state index >= 15 is 0 Å². The van der Waals surface area contributed by atoms with E-state index in [1.807, 2.05) is 37.4 Å². The van der Waals surface area contributed by atoms with Gasteiger partial charge in [0.05, 0.1) is 29.4 Å². The zero-order valence-corrected chi connectivity index (χ0v) is 14.7. The van der Waals surface area contributed by atoms with E-state index in [1.54, 1.807) is 17.1 Å². The second-order valence-corrected chi connectivity index (χ2v) is 6.88. The fourth-order valence-electron chi connectivity index (χ4n) is 3.51. The summed E-state index contributed by atoms with van der Waals surface area (Å²) in [5.41, 5.74) is 2.45. The third kappa shape index (κ3) is 3.20. The topological polar surface area (TPSA) is 80.0 Å². The first-order valence-electron chi connectivity index (χ1n) is 9.00. The number of nitrogens with one attached hydrogen (secondary N) is 1. The molecule has 1 aliphatic rings. The van der Waals surface area contributed by atoms with Gasteiger partial charge in [-0.05, 0) is 43.4 Å². The molecule has 0 saturated heterocycles. The van der Waals surface area contributed by atoms with Gasteiger partial charge in [0.1, 0.15) is 0 Å². The molecule has 4 rings (SSSR count). The van der Waals surface area contributed by atoms with E-state index in [2.05, 4.69) is 21.5 Å². The van der Waals surface area contributed by atoms with E-state index < -0.39 is 0 Å². The van der Waals surface area contributed by atoms with Crippen LogP contribution in [0, 0.1) is 5.92 Å². The highest BCUT2D eigenvalue weighted by Gasteiger charge is 2.36. The van der Waals surface area contributed by atoms with E-state index in [1.165, 1.54) is 0 Å². The zero-order chi connectivity index (χ0) is 18.1. The first-order valence-corrected chi connectivity index (χ1v) is 9.00. The number of fused-ring (bicyclic) bond motifs is 1. The Hall–Kier alpha value is -2.73. The third-order valence-electron chi connectivity index (χ3n) is 5.10. The molecule has 6 heteroatoms. The largest absolute Gasteiger partial charge is 0.393 e. The summed E-state index contributed by atoms with van der Waals surface area (Å²) in [6.45, 7) is 2.70. The highest BCUT2D eigenvalue weighted by Crippen LogP contribution is 2.38. The molecule has 0 unspecified atom stereocenters. The van der Waals surface area contributed by atoms with Crippen LogP contribution in [0.4, 0.5) is 0 Å². The van der Waals surface area contributed by atoms with E-state index in [-0.39, 0.29) is 24.0 Å². The zero-order valence-electron chi connectivity index (χ0n) is 14.7. The van der Waals surface area contributed by atoms with Gasteiger partial charge in [-0.2, -0.15) is 5.10 Å². The van der Waals surface area contributed by atoms with Crippen molar-refractivity contribution >= 4 is 16.8 Å². The molecule has 1 atom stereocenters. The molecule has 2 N–H and O–H groups in total. The number of para-hydroxylation sites is 1. The van der Waals surface area contributed by atoms with Crippen molar-refractivity contribution in [1.82, 2.24) is 20.1 Å². The summed E-state index contributed by atoms with van der Waals surface area (Å²) < 4.78 is 1.73. The van der Waals surface area contributed by atoms with Crippen LogP contribution in [0.2, 0.25) is 0 Å². The lowest BCUT2D eigenvalue weighted by atomic mass is 9.75. The maximum atomic E-state index is 12.7. The number of amides is 1. The Kier molecular flexibility index (Phi) is 4.42. The van der Waals surface area contributed by atoms with E-state index in [9.17, 15) is 9.90 Å². The van der Waals surface area contributed by atoms with Crippen molar-refractivity contribution in [3.63, 3.8) is 0 Å². The molecular formula is C20H22N4O2. The van der Waals surface area contributed by atoms with Gasteiger partial charge in [-0.1, -0.05) is 18.2 Å². The Labute approximate surface area is 151 Å². The highest BCUT2D eigenvalue weighted by molar-refractivity contribution is 5.94. The van der Waals surface area contributed by atoms with Gasteiger partial charge in [-0.25, -0.2) is 0 Å². The van der Waals surface area contributed by atoms with Gasteiger partial charge >= 0.3 is 0 Å². The average molecular weight is 350 g/mol. The van der Waals surface area contributed by atoms with Crippen LogP contribution in [0.25, 0.3) is 10.9 Å². The van der Waals surface area contributed by atoms with Crippen LogP contribution < -0.4 is 5.32 Å². The predicted molar refractivity (Wildman–Crippen MR) is 98.6 cm³/mol. The number of rotatable bonds is 5. The number of aliphatic hydroxyl groups is 1. The van der Waals surface area contributed by atoms with Crippen LogP contribution in [0.5, 0.6) is 0 Å². The van der Waals surface area contributed by atoms with Gasteiger partial charge in [-0.3, -0.25) is 14.5 Å². The number of aliphatic hydroxyl groups excluding tert-OH is 1. The molecular weight excluding hydrogens is 328 g/mol. The molecule has 134 valence electrons. The van der Waals surface area contributed by atoms with Crippen LogP contribution >= 0.6 is 0 Å². The fraction of sp³-hybridized carbons (Fsp3) is 0.350. The molecule has 0 aliphatic heterocycles. The maximum Gasteiger partial charge on any atom is 0.254 e. The Balaban J connectivity index is 1.62. The summed E-state index contributed by atoms with van der Waals surface area (Å²) in [7, 11) is 0. The summed E-state index contributed by atoms with van der Waals surface area (Å²) in [4.78, 5) is 17.2. The van der Waals surface area contributed by atoms with Gasteiger partial charge in [0.2, 0.25) is 0 Å². The summed E-state index contributed by atoms with van der Waals surface area (Å²) >= 11 is 0. The smallest absolute Gasteiger partial charge is 0.254 e. The number of pyridine rings is 1. The van der Waals surface area contributed by atoms with Gasteiger partial charge in [-0.15, -0.1) is 0 Å². The van der Waals surface area contributed by atoms with Gasteiger partial charge in [0.25, 0.3) is 5.91 Å². The van der Waals surface area contributed by atoms with Crippen molar-refractivity contribution in [1.29, 1.82) is 0 Å². The molecule has 2 aromatic heterocycles. The molecule has 0 spiro atoms. The SMILES string of the molecule is CCn1cc(C(=O)N[C@@H](c2cnc3ccccc3c2)C2CC(O)C2)cn1. The molecule has 0 bridgehead atoms. The van der Waals surface area contributed by atoms with E-state index in [0.717, 1.165) is 23.0 Å². The molecule has 26 heavy (non-hydrogen) atoms. The molecule has 1 amide bonds. The number of hydrogen-bond donors (Lipinski definition) is 2. The number of aromatic nitrogens is 3. The van der Waals surface area contributed by atoms with Crippen molar-refractivity contribution in [3.05, 3.63) is 60.0 Å². The third-order valence-corrected chi connectivity index (χ3v) is 5.10. The monoisotopic (exact) mass is 350 g/mol. The van der Waals surface area contributed by atoms with Crippen molar-refractivity contribution in [3.8, 4) is 0 Å². The number of carbonyl (C=O) groups excluding carboxylic acids is 1. The molecule has 6 nitrogen and oxygen atoms in total. The van der Waals surface area contributed by atoms with Crippen molar-refractivity contribution < 1.29 is 9.90 Å². The lowest BCUT2D eigenvalue weighted by molar-refractivity contribution is 0.0235. The Morgan fingerprint density at radius 3 is 2.88 bits per heavy atom. The number of carbonyl (C=O) groups is 1. The second-order valence-electron chi connectivity index (χ2n) is 6.88. The molecule has 3 aromatic rings. The lowest BCUT2D eigenvalue weighted by Crippen LogP contribution is -2.41. The van der Waals surface area contributed by atoms with E-state index in [0.29, 0.717) is 18.4 Å². The lowest BCUT2D eigenvalue weighted by Gasteiger charge is -2.38. The second kappa shape index (κ2) is 6.88. The standard InChI is InChI=1S/C20H22N4O2/c1-2-24-12-16(11-22-24)20(26)23-19(14-8-17(25)9-14)15-7-13-5-3-4-6-18(13)21-10-15/h3-7,10-12,14,17,19,25H,2,8-9H2,1H3,(H,23,26)/t14?,17?,19-/m1/s1. The summed E-state index contributed by atoms with van der Waals surface area (Å²) in [6, 6.07) is 9.83. The van der Waals surface area contributed by atoms with E-state index in [4.69, 9.17) is 0 Å². The van der Waals surface area contributed by atoms with Gasteiger partial charge in [0, 0.05) is 24.3 Å². The van der Waals surface area contributed by atoms with Crippen LogP contribution in [0.15, 0.2) is 48.9 Å². The maximum absolute atomic E-state index is 12.7. The summed E-state index contributed by atoms with van der Waals surface area (Å²) in [5.74, 6) is 0.0578. The van der Waals surface area contributed by atoms with Crippen LogP contribution in [0.3, 0.4) is 0 Å². The minimum Gasteiger partial charge on any atom is -0.393 e. The summed E-state index contributed by atoms with van der Waals surface area (Å²) in [5, 5.41) is 18.1. The van der Waals surface area contributed by atoms with Gasteiger partial charge < -0.3 is 10.4 Å². The minimum atomic E-state index is -0.282. The predicted octanol–water partition coefficient (Wildman–Crippen LogP) is 2.69. The molecule has 1 saturated carbocycles. The first-order chi connectivity index (χ1) is 12.6. The number of aryl methyl sites for hydroxylation is 1. The number of nitrogens with zero attached hydrogens (tertiary/aromatic N) is 3. The van der Waals surface area contributed by atoms with Crippen molar-refractivity contribution in [2.24, 2.45) is 5.92 Å². The molecule has 0 radical (unpaired) electrons. The number of hydrogen-bond acceptors (Lipinski definition) is 4. The molecule has 1 fully saturated rings. The highest BCUT2D eigenvalue weighted by atomic mass is 16.3. The summed E-state index contributed by atoms with van der Waals surface area (Å²) in [6.07, 6.45) is 6.26. The quantitative estimate of drug-likeness (QED) is 0.741. The Morgan fingerprint density at radius 2 is 2.15 bits per heavy atom. The normalized spacial score (nSPS) is 20.5. The Morgan fingerprint density at radius 1 is 1.35 bits per heavy atom. The van der Waals surface area contributed by atoms with Crippen LogP contribution in [0.1, 0.15) is 41.7 Å². The van der Waals surface area contributed by atoms with Crippen LogP contribution in [-0.2, 0) is 6.54 Å². The molecule has 2 heterocycles.